The van der Waals surface area contributed by atoms with E-state index < -0.39 is 0 Å². The molecule has 0 radical (unpaired) electrons. The Hall–Kier alpha value is -1.37. The normalized spacial score (nSPS) is 12.0. The minimum Gasteiger partial charge on any atom is -0.379 e. The third-order valence-electron chi connectivity index (χ3n) is 2.64. The second-order valence-corrected chi connectivity index (χ2v) is 4.10. The average Bonchev–Trinajstić information content (AvgIpc) is 2.42. The lowest BCUT2D eigenvalue weighted by Crippen LogP contribution is -2.10. The van der Waals surface area contributed by atoms with Crippen molar-refractivity contribution in [2.45, 2.75) is 32.3 Å². The lowest BCUT2D eigenvalue weighted by atomic mass is 10.1. The molecular formula is C15H21NO2. The zero-order valence-electron chi connectivity index (χ0n) is 11.0. The number of nitrogens with zero attached hydrogens (tertiary/aromatic N) is 1. The van der Waals surface area contributed by atoms with E-state index in [9.17, 15) is 0 Å². The van der Waals surface area contributed by atoms with Crippen LogP contribution in [0.15, 0.2) is 30.3 Å². The molecule has 3 nitrogen and oxygen atoms in total. The van der Waals surface area contributed by atoms with Gasteiger partial charge < -0.3 is 9.47 Å². The quantitative estimate of drug-likeness (QED) is 0.627. The summed E-state index contributed by atoms with van der Waals surface area (Å²) in [6.07, 6.45) is 2.45. The van der Waals surface area contributed by atoms with Gasteiger partial charge in [0.05, 0.1) is 31.8 Å². The van der Waals surface area contributed by atoms with Gasteiger partial charge in [-0.3, -0.25) is 0 Å². The number of benzene rings is 1. The molecule has 1 atom stereocenters. The first-order valence-electron chi connectivity index (χ1n) is 6.49. The van der Waals surface area contributed by atoms with Crippen LogP contribution in [0.4, 0.5) is 0 Å². The van der Waals surface area contributed by atoms with Gasteiger partial charge in [0.2, 0.25) is 0 Å². The highest BCUT2D eigenvalue weighted by molar-refractivity contribution is 5.18. The van der Waals surface area contributed by atoms with Crippen LogP contribution in [-0.4, -0.2) is 19.8 Å². The molecule has 1 unspecified atom stereocenters. The van der Waals surface area contributed by atoms with Crippen LogP contribution in [0.25, 0.3) is 0 Å². The van der Waals surface area contributed by atoms with E-state index in [1.165, 1.54) is 0 Å². The van der Waals surface area contributed by atoms with Crippen LogP contribution in [0.5, 0.6) is 0 Å². The molecule has 0 spiro atoms. The van der Waals surface area contributed by atoms with Crippen LogP contribution in [-0.2, 0) is 9.47 Å². The zero-order valence-corrected chi connectivity index (χ0v) is 11.0. The maximum absolute atomic E-state index is 8.81. The largest absolute Gasteiger partial charge is 0.379 e. The Labute approximate surface area is 109 Å². The van der Waals surface area contributed by atoms with Crippen molar-refractivity contribution in [3.63, 3.8) is 0 Å². The van der Waals surface area contributed by atoms with Crippen molar-refractivity contribution in [3.05, 3.63) is 35.9 Å². The summed E-state index contributed by atoms with van der Waals surface area (Å²) >= 11 is 0. The van der Waals surface area contributed by atoms with E-state index in [4.69, 9.17) is 14.7 Å². The average molecular weight is 247 g/mol. The SMILES string of the molecule is CCCCOCCOC(CC#N)c1ccccc1. The molecule has 1 rings (SSSR count). The first-order valence-corrected chi connectivity index (χ1v) is 6.49. The Morgan fingerprint density at radius 1 is 1.17 bits per heavy atom. The van der Waals surface area contributed by atoms with Gasteiger partial charge in [-0.05, 0) is 12.0 Å². The summed E-state index contributed by atoms with van der Waals surface area (Å²) in [6, 6.07) is 12.0. The van der Waals surface area contributed by atoms with Crippen molar-refractivity contribution in [3.8, 4) is 6.07 Å². The summed E-state index contributed by atoms with van der Waals surface area (Å²) in [7, 11) is 0. The molecule has 0 heterocycles. The first-order chi connectivity index (χ1) is 8.88. The van der Waals surface area contributed by atoms with Crippen molar-refractivity contribution in [2.24, 2.45) is 0 Å². The number of nitriles is 1. The summed E-state index contributed by atoms with van der Waals surface area (Å²) < 4.78 is 11.1. The molecule has 0 aliphatic carbocycles. The van der Waals surface area contributed by atoms with Gasteiger partial charge >= 0.3 is 0 Å². The summed E-state index contributed by atoms with van der Waals surface area (Å²) in [5.41, 5.74) is 1.05. The molecular weight excluding hydrogens is 226 g/mol. The molecule has 0 aliphatic heterocycles. The Morgan fingerprint density at radius 3 is 2.61 bits per heavy atom. The van der Waals surface area contributed by atoms with Crippen LogP contribution in [0, 0.1) is 11.3 Å². The molecule has 1 aromatic rings. The van der Waals surface area contributed by atoms with Crippen LogP contribution >= 0.6 is 0 Å². The maximum Gasteiger partial charge on any atom is 0.0955 e. The molecule has 3 heteroatoms. The number of hydrogen-bond donors (Lipinski definition) is 0. The molecule has 0 bridgehead atoms. The number of hydrogen-bond acceptors (Lipinski definition) is 3. The minimum atomic E-state index is -0.147. The molecule has 0 saturated carbocycles. The Balaban J connectivity index is 2.29. The Kier molecular flexibility index (Phi) is 7.87. The van der Waals surface area contributed by atoms with Gasteiger partial charge in [0.25, 0.3) is 0 Å². The van der Waals surface area contributed by atoms with Crippen molar-refractivity contribution < 1.29 is 9.47 Å². The van der Waals surface area contributed by atoms with E-state index in [1.54, 1.807) is 0 Å². The van der Waals surface area contributed by atoms with Gasteiger partial charge in [-0.15, -0.1) is 0 Å². The molecule has 0 aliphatic rings. The van der Waals surface area contributed by atoms with Gasteiger partial charge in [-0.25, -0.2) is 0 Å². The third kappa shape index (κ3) is 5.81. The van der Waals surface area contributed by atoms with Gasteiger partial charge in [-0.1, -0.05) is 43.7 Å². The van der Waals surface area contributed by atoms with E-state index in [1.807, 2.05) is 30.3 Å². The smallest absolute Gasteiger partial charge is 0.0955 e. The number of unbranched alkanes of at least 4 members (excludes halogenated alkanes) is 1. The molecule has 0 amide bonds. The number of ether oxygens (including phenoxy) is 2. The van der Waals surface area contributed by atoms with E-state index in [-0.39, 0.29) is 6.10 Å². The monoisotopic (exact) mass is 247 g/mol. The van der Waals surface area contributed by atoms with Crippen molar-refractivity contribution >= 4 is 0 Å². The van der Waals surface area contributed by atoms with E-state index in [0.29, 0.717) is 19.6 Å². The van der Waals surface area contributed by atoms with Crippen molar-refractivity contribution in [1.29, 1.82) is 5.26 Å². The first kappa shape index (κ1) is 14.7. The minimum absolute atomic E-state index is 0.147. The van der Waals surface area contributed by atoms with Crippen LogP contribution in [0.1, 0.15) is 37.9 Å². The standard InChI is InChI=1S/C15H21NO2/c1-2-3-11-17-12-13-18-15(9-10-16)14-7-5-4-6-8-14/h4-8,15H,2-3,9,11-13H2,1H3. The second-order valence-electron chi connectivity index (χ2n) is 4.10. The summed E-state index contributed by atoms with van der Waals surface area (Å²) in [6.45, 7) is 4.05. The fraction of sp³-hybridized carbons (Fsp3) is 0.533. The lowest BCUT2D eigenvalue weighted by Gasteiger charge is -2.15. The Bertz CT molecular complexity index is 345. The fourth-order valence-electron chi connectivity index (χ4n) is 1.62. The van der Waals surface area contributed by atoms with Gasteiger partial charge in [0, 0.05) is 6.61 Å². The molecule has 18 heavy (non-hydrogen) atoms. The highest BCUT2D eigenvalue weighted by Crippen LogP contribution is 2.20. The van der Waals surface area contributed by atoms with Crippen LogP contribution < -0.4 is 0 Å². The van der Waals surface area contributed by atoms with Crippen LogP contribution in [0.2, 0.25) is 0 Å². The van der Waals surface area contributed by atoms with Gasteiger partial charge in [0.1, 0.15) is 0 Å². The molecule has 0 saturated heterocycles. The molecule has 0 aromatic heterocycles. The van der Waals surface area contributed by atoms with Crippen molar-refractivity contribution in [1.82, 2.24) is 0 Å². The summed E-state index contributed by atoms with van der Waals surface area (Å²) in [5.74, 6) is 0. The maximum atomic E-state index is 8.81. The van der Waals surface area contributed by atoms with Crippen molar-refractivity contribution in [2.75, 3.05) is 19.8 Å². The van der Waals surface area contributed by atoms with Gasteiger partial charge in [0.15, 0.2) is 0 Å². The molecule has 1 aromatic carbocycles. The highest BCUT2D eigenvalue weighted by atomic mass is 16.5. The molecule has 0 N–H and O–H groups in total. The molecule has 0 fully saturated rings. The summed E-state index contributed by atoms with van der Waals surface area (Å²) in [5, 5.41) is 8.81. The predicted molar refractivity (Wildman–Crippen MR) is 71.1 cm³/mol. The zero-order chi connectivity index (χ0) is 13.1. The third-order valence-corrected chi connectivity index (χ3v) is 2.64. The second kappa shape index (κ2) is 9.64. The number of rotatable bonds is 9. The predicted octanol–water partition coefficient (Wildman–Crippen LogP) is 3.47. The van der Waals surface area contributed by atoms with E-state index in [0.717, 1.165) is 25.0 Å². The Morgan fingerprint density at radius 2 is 1.94 bits per heavy atom. The van der Waals surface area contributed by atoms with Crippen LogP contribution in [0.3, 0.4) is 0 Å². The van der Waals surface area contributed by atoms with Gasteiger partial charge in [-0.2, -0.15) is 5.26 Å². The fourth-order valence-corrected chi connectivity index (χ4v) is 1.62. The summed E-state index contributed by atoms with van der Waals surface area (Å²) in [4.78, 5) is 0. The lowest BCUT2D eigenvalue weighted by molar-refractivity contribution is 0.00512. The topological polar surface area (TPSA) is 42.2 Å². The van der Waals surface area contributed by atoms with E-state index >= 15 is 0 Å². The van der Waals surface area contributed by atoms with E-state index in [2.05, 4.69) is 13.0 Å². The molecule has 98 valence electrons. The highest BCUT2D eigenvalue weighted by Gasteiger charge is 2.10.